The molecule has 0 aliphatic heterocycles. The van der Waals surface area contributed by atoms with E-state index in [0.717, 1.165) is 51.6 Å². The number of nitrogens with zero attached hydrogens (tertiary/aromatic N) is 4. The molecule has 3 aromatic rings. The van der Waals surface area contributed by atoms with Gasteiger partial charge in [0.05, 0.1) is 33.6 Å². The van der Waals surface area contributed by atoms with E-state index >= 15 is 0 Å². The fraction of sp³-hybridized carbons (Fsp3) is 0.421. The SMILES string of the molecule is Cc1nc(N(C)C)nc(N[C@@H]2CCC[C@H]2O)c1-c1nc2ccccc2s1. The van der Waals surface area contributed by atoms with Crippen LogP contribution in [0.25, 0.3) is 20.8 Å². The van der Waals surface area contributed by atoms with Gasteiger partial charge in [-0.25, -0.2) is 9.97 Å². The first-order chi connectivity index (χ1) is 12.5. The van der Waals surface area contributed by atoms with E-state index in [2.05, 4.69) is 16.4 Å². The largest absolute Gasteiger partial charge is 0.391 e. The van der Waals surface area contributed by atoms with Crippen LogP contribution >= 0.6 is 11.3 Å². The number of benzene rings is 1. The highest BCUT2D eigenvalue weighted by molar-refractivity contribution is 7.21. The van der Waals surface area contributed by atoms with Gasteiger partial charge in [0.1, 0.15) is 10.8 Å². The van der Waals surface area contributed by atoms with Crippen LogP contribution in [0.15, 0.2) is 24.3 Å². The Kier molecular flexibility index (Phi) is 4.50. The van der Waals surface area contributed by atoms with Crippen molar-refractivity contribution >= 4 is 33.3 Å². The first-order valence-electron chi connectivity index (χ1n) is 8.89. The Labute approximate surface area is 156 Å². The predicted molar refractivity (Wildman–Crippen MR) is 107 cm³/mol. The van der Waals surface area contributed by atoms with Gasteiger partial charge in [0.25, 0.3) is 0 Å². The van der Waals surface area contributed by atoms with Crippen LogP contribution in [0, 0.1) is 6.92 Å². The Morgan fingerprint density at radius 1 is 1.15 bits per heavy atom. The molecule has 1 aliphatic rings. The molecule has 0 amide bonds. The normalized spacial score (nSPS) is 19.8. The first-order valence-corrected chi connectivity index (χ1v) is 9.71. The number of anilines is 2. The molecule has 7 heteroatoms. The summed E-state index contributed by atoms with van der Waals surface area (Å²) in [5.41, 5.74) is 2.80. The molecule has 2 aromatic heterocycles. The third-order valence-electron chi connectivity index (χ3n) is 4.79. The van der Waals surface area contributed by atoms with Gasteiger partial charge in [-0.1, -0.05) is 12.1 Å². The molecular formula is C19H23N5OS. The molecule has 0 spiro atoms. The van der Waals surface area contributed by atoms with Crippen LogP contribution in [0.3, 0.4) is 0 Å². The number of rotatable bonds is 4. The van der Waals surface area contributed by atoms with Crippen molar-refractivity contribution in [1.29, 1.82) is 0 Å². The Balaban J connectivity index is 1.83. The molecule has 2 atom stereocenters. The number of hydrogen-bond donors (Lipinski definition) is 2. The Bertz CT molecular complexity index is 906. The molecule has 6 nitrogen and oxygen atoms in total. The van der Waals surface area contributed by atoms with E-state index in [-0.39, 0.29) is 12.1 Å². The molecule has 0 bridgehead atoms. The van der Waals surface area contributed by atoms with E-state index < -0.39 is 0 Å². The van der Waals surface area contributed by atoms with E-state index in [0.29, 0.717) is 5.95 Å². The van der Waals surface area contributed by atoms with Gasteiger partial charge in [0, 0.05) is 14.1 Å². The lowest BCUT2D eigenvalue weighted by molar-refractivity contribution is 0.171. The van der Waals surface area contributed by atoms with E-state index in [4.69, 9.17) is 9.97 Å². The average Bonchev–Trinajstić information content (AvgIpc) is 3.20. The summed E-state index contributed by atoms with van der Waals surface area (Å²) in [6, 6.07) is 8.14. The van der Waals surface area contributed by atoms with Crippen LogP contribution in [-0.4, -0.2) is 46.3 Å². The quantitative estimate of drug-likeness (QED) is 0.734. The zero-order valence-electron chi connectivity index (χ0n) is 15.2. The maximum Gasteiger partial charge on any atom is 0.227 e. The fourth-order valence-electron chi connectivity index (χ4n) is 3.38. The number of aliphatic hydroxyl groups is 1. The zero-order chi connectivity index (χ0) is 18.3. The third-order valence-corrected chi connectivity index (χ3v) is 5.84. The summed E-state index contributed by atoms with van der Waals surface area (Å²) < 4.78 is 1.14. The van der Waals surface area contributed by atoms with Gasteiger partial charge in [-0.3, -0.25) is 0 Å². The maximum atomic E-state index is 10.2. The van der Waals surface area contributed by atoms with Crippen molar-refractivity contribution in [3.8, 4) is 10.6 Å². The van der Waals surface area contributed by atoms with E-state index in [1.807, 2.05) is 44.1 Å². The summed E-state index contributed by atoms with van der Waals surface area (Å²) in [5.74, 6) is 1.41. The number of aromatic nitrogens is 3. The lowest BCUT2D eigenvalue weighted by atomic mass is 10.1. The number of hydrogen-bond acceptors (Lipinski definition) is 7. The van der Waals surface area contributed by atoms with Gasteiger partial charge in [0.2, 0.25) is 5.95 Å². The lowest BCUT2D eigenvalue weighted by Crippen LogP contribution is -2.29. The van der Waals surface area contributed by atoms with E-state index in [1.54, 1.807) is 11.3 Å². The van der Waals surface area contributed by atoms with Crippen molar-refractivity contribution in [3.63, 3.8) is 0 Å². The summed E-state index contributed by atoms with van der Waals surface area (Å²) >= 11 is 1.64. The molecule has 1 fully saturated rings. The Morgan fingerprint density at radius 3 is 2.65 bits per heavy atom. The number of fused-ring (bicyclic) bond motifs is 1. The predicted octanol–water partition coefficient (Wildman–Crippen LogP) is 3.45. The minimum atomic E-state index is -0.337. The standard InChI is InChI=1S/C19H23N5OS/c1-11-16(18-22-13-7-4-5-10-15(13)26-18)17(23-19(20-11)24(2)3)21-12-8-6-9-14(12)25/h4-5,7,10,12,14,25H,6,8-9H2,1-3H3,(H,20,21,23)/t12-,14-/m1/s1. The van der Waals surface area contributed by atoms with Crippen LogP contribution in [-0.2, 0) is 0 Å². The molecule has 1 saturated carbocycles. The second kappa shape index (κ2) is 6.81. The van der Waals surface area contributed by atoms with Crippen LogP contribution in [0.4, 0.5) is 11.8 Å². The van der Waals surface area contributed by atoms with Crippen molar-refractivity contribution in [2.24, 2.45) is 0 Å². The summed E-state index contributed by atoms with van der Waals surface area (Å²) in [6.07, 6.45) is 2.47. The van der Waals surface area contributed by atoms with Gasteiger partial charge >= 0.3 is 0 Å². The van der Waals surface area contributed by atoms with Crippen molar-refractivity contribution in [3.05, 3.63) is 30.0 Å². The van der Waals surface area contributed by atoms with Gasteiger partial charge in [-0.2, -0.15) is 4.98 Å². The summed E-state index contributed by atoms with van der Waals surface area (Å²) in [6.45, 7) is 1.99. The third kappa shape index (κ3) is 3.12. The molecule has 1 aromatic carbocycles. The van der Waals surface area contributed by atoms with E-state index in [9.17, 15) is 5.11 Å². The van der Waals surface area contributed by atoms with Crippen LogP contribution in [0.1, 0.15) is 25.0 Å². The van der Waals surface area contributed by atoms with E-state index in [1.165, 1.54) is 0 Å². The summed E-state index contributed by atoms with van der Waals surface area (Å²) in [7, 11) is 3.86. The molecule has 26 heavy (non-hydrogen) atoms. The van der Waals surface area contributed by atoms with Gasteiger partial charge in [-0.05, 0) is 38.3 Å². The Hall–Kier alpha value is -2.25. The van der Waals surface area contributed by atoms with Crippen LogP contribution < -0.4 is 10.2 Å². The highest BCUT2D eigenvalue weighted by Gasteiger charge is 2.28. The summed E-state index contributed by atoms with van der Waals surface area (Å²) in [4.78, 5) is 16.1. The second-order valence-electron chi connectivity index (χ2n) is 6.96. The number of aliphatic hydroxyl groups excluding tert-OH is 1. The molecule has 4 rings (SSSR count). The van der Waals surface area contributed by atoms with Gasteiger partial charge in [0.15, 0.2) is 0 Å². The van der Waals surface area contributed by atoms with Crippen molar-refractivity contribution in [2.45, 2.75) is 38.3 Å². The number of thiazole rings is 1. The van der Waals surface area contributed by atoms with Gasteiger partial charge < -0.3 is 15.3 Å². The minimum Gasteiger partial charge on any atom is -0.391 e. The second-order valence-corrected chi connectivity index (χ2v) is 7.99. The fourth-order valence-corrected chi connectivity index (χ4v) is 4.45. The topological polar surface area (TPSA) is 74.2 Å². The number of nitrogens with one attached hydrogen (secondary N) is 1. The minimum absolute atomic E-state index is 0.0208. The van der Waals surface area contributed by atoms with Crippen molar-refractivity contribution < 1.29 is 5.11 Å². The molecule has 2 N–H and O–H groups in total. The molecule has 2 heterocycles. The average molecular weight is 369 g/mol. The maximum absolute atomic E-state index is 10.2. The first kappa shape index (κ1) is 17.2. The van der Waals surface area contributed by atoms with Crippen molar-refractivity contribution in [1.82, 2.24) is 15.0 Å². The smallest absolute Gasteiger partial charge is 0.227 e. The molecular weight excluding hydrogens is 346 g/mol. The van der Waals surface area contributed by atoms with Crippen molar-refractivity contribution in [2.75, 3.05) is 24.3 Å². The lowest BCUT2D eigenvalue weighted by Gasteiger charge is -2.21. The van der Waals surface area contributed by atoms with Crippen LogP contribution in [0.2, 0.25) is 0 Å². The van der Waals surface area contributed by atoms with Crippen LogP contribution in [0.5, 0.6) is 0 Å². The highest BCUT2D eigenvalue weighted by Crippen LogP contribution is 2.37. The Morgan fingerprint density at radius 2 is 1.96 bits per heavy atom. The molecule has 136 valence electrons. The highest BCUT2D eigenvalue weighted by atomic mass is 32.1. The number of para-hydroxylation sites is 1. The van der Waals surface area contributed by atoms with Gasteiger partial charge in [-0.15, -0.1) is 11.3 Å². The molecule has 0 radical (unpaired) electrons. The summed E-state index contributed by atoms with van der Waals surface area (Å²) in [5, 5.41) is 14.6. The monoisotopic (exact) mass is 369 g/mol. The zero-order valence-corrected chi connectivity index (χ0v) is 16.0. The molecule has 0 unspecified atom stereocenters. The molecule has 1 aliphatic carbocycles. The number of aryl methyl sites for hydroxylation is 1. The molecule has 0 saturated heterocycles.